The highest BCUT2D eigenvalue weighted by atomic mass is 79.9. The summed E-state index contributed by atoms with van der Waals surface area (Å²) in [5.74, 6) is 0. The van der Waals surface area contributed by atoms with Gasteiger partial charge in [0.2, 0.25) is 10.0 Å². The molecule has 96 valence electrons. The Morgan fingerprint density at radius 1 is 1.35 bits per heavy atom. The van der Waals surface area contributed by atoms with Crippen LogP contribution in [0.5, 0.6) is 0 Å². The molecule has 0 aliphatic rings. The van der Waals surface area contributed by atoms with E-state index in [-0.39, 0.29) is 9.50 Å². The van der Waals surface area contributed by atoms with Gasteiger partial charge in [-0.2, -0.15) is 13.2 Å². The molecule has 0 radical (unpaired) electrons. The van der Waals surface area contributed by atoms with Crippen molar-refractivity contribution >= 4 is 37.6 Å². The zero-order valence-electron chi connectivity index (χ0n) is 8.00. The summed E-state index contributed by atoms with van der Waals surface area (Å²) in [6, 6.07) is 3.46. The zero-order chi connectivity index (χ0) is 13.4. The number of halogens is 5. The van der Waals surface area contributed by atoms with Gasteiger partial charge in [0.05, 0.1) is 0 Å². The van der Waals surface area contributed by atoms with Gasteiger partial charge in [-0.15, -0.1) is 0 Å². The fourth-order valence-electron chi connectivity index (χ4n) is 1.26. The van der Waals surface area contributed by atoms with Crippen LogP contribution in [-0.2, 0) is 10.0 Å². The molecule has 1 rings (SSSR count). The van der Waals surface area contributed by atoms with Gasteiger partial charge in [-0.1, -0.05) is 27.5 Å². The molecule has 0 heterocycles. The van der Waals surface area contributed by atoms with Crippen molar-refractivity contribution in [1.82, 2.24) is 0 Å². The van der Waals surface area contributed by atoms with Crippen molar-refractivity contribution in [3.63, 3.8) is 0 Å². The first kappa shape index (κ1) is 14.7. The van der Waals surface area contributed by atoms with Crippen LogP contribution < -0.4 is 5.14 Å². The number of hydrogen-bond acceptors (Lipinski definition) is 2. The third-order valence-electron chi connectivity index (χ3n) is 1.87. The van der Waals surface area contributed by atoms with Crippen LogP contribution in [0.3, 0.4) is 0 Å². The SMILES string of the molecule is NS(=O)(=O)C(c1cc(Cl)ccc1Br)C(F)(F)F. The Hall–Kier alpha value is -0.310. The lowest BCUT2D eigenvalue weighted by molar-refractivity contribution is -0.131. The second-order valence-electron chi connectivity index (χ2n) is 3.18. The van der Waals surface area contributed by atoms with Crippen LogP contribution in [0.1, 0.15) is 10.8 Å². The van der Waals surface area contributed by atoms with Gasteiger partial charge >= 0.3 is 6.18 Å². The van der Waals surface area contributed by atoms with Crippen molar-refractivity contribution in [2.75, 3.05) is 0 Å². The Morgan fingerprint density at radius 3 is 2.29 bits per heavy atom. The highest BCUT2D eigenvalue weighted by Gasteiger charge is 2.49. The van der Waals surface area contributed by atoms with E-state index in [1.54, 1.807) is 0 Å². The van der Waals surface area contributed by atoms with Crippen LogP contribution in [0.4, 0.5) is 13.2 Å². The van der Waals surface area contributed by atoms with Crippen molar-refractivity contribution in [1.29, 1.82) is 0 Å². The van der Waals surface area contributed by atoms with E-state index in [0.29, 0.717) is 0 Å². The standard InChI is InChI=1S/C8H6BrClF3NO2S/c9-6-2-1-4(10)3-5(6)7(8(11,12)13)17(14,15)16/h1-3,7H,(H2,14,15,16). The van der Waals surface area contributed by atoms with Crippen molar-refractivity contribution in [2.45, 2.75) is 11.4 Å². The van der Waals surface area contributed by atoms with Crippen molar-refractivity contribution in [3.8, 4) is 0 Å². The molecule has 3 nitrogen and oxygen atoms in total. The Kier molecular flexibility index (Phi) is 4.12. The summed E-state index contributed by atoms with van der Waals surface area (Å²) in [7, 11) is -4.83. The van der Waals surface area contributed by atoms with Gasteiger partial charge in [-0.3, -0.25) is 0 Å². The van der Waals surface area contributed by atoms with E-state index in [0.717, 1.165) is 6.07 Å². The van der Waals surface area contributed by atoms with Gasteiger partial charge in [0.25, 0.3) is 0 Å². The number of rotatable bonds is 2. The van der Waals surface area contributed by atoms with Gasteiger partial charge in [0, 0.05) is 9.50 Å². The van der Waals surface area contributed by atoms with Crippen molar-refractivity contribution in [3.05, 3.63) is 33.3 Å². The first-order valence-corrected chi connectivity index (χ1v) is 6.85. The van der Waals surface area contributed by atoms with Crippen LogP contribution in [0.2, 0.25) is 5.02 Å². The minimum absolute atomic E-state index is 0.0129. The van der Waals surface area contributed by atoms with Gasteiger partial charge in [-0.25, -0.2) is 13.6 Å². The molecule has 0 saturated heterocycles. The van der Waals surface area contributed by atoms with Gasteiger partial charge in [-0.05, 0) is 23.8 Å². The topological polar surface area (TPSA) is 60.2 Å². The van der Waals surface area contributed by atoms with Crippen LogP contribution >= 0.6 is 27.5 Å². The second kappa shape index (κ2) is 4.75. The number of alkyl halides is 3. The molecule has 0 saturated carbocycles. The number of nitrogens with two attached hydrogens (primary N) is 1. The minimum Gasteiger partial charge on any atom is -0.228 e. The van der Waals surface area contributed by atoms with Crippen LogP contribution in [0.15, 0.2) is 22.7 Å². The maximum atomic E-state index is 12.7. The summed E-state index contributed by atoms with van der Waals surface area (Å²) in [6.07, 6.45) is -5.01. The van der Waals surface area contributed by atoms with E-state index in [2.05, 4.69) is 21.1 Å². The predicted molar refractivity (Wildman–Crippen MR) is 61.1 cm³/mol. The molecule has 0 amide bonds. The smallest absolute Gasteiger partial charge is 0.228 e. The molecule has 1 aromatic rings. The summed E-state index contributed by atoms with van der Waals surface area (Å²) < 4.78 is 60.1. The average Bonchev–Trinajstić information content (AvgIpc) is 2.06. The largest absolute Gasteiger partial charge is 0.410 e. The third-order valence-corrected chi connectivity index (χ3v) is 4.00. The van der Waals surface area contributed by atoms with Crippen LogP contribution in [0, 0.1) is 0 Å². The van der Waals surface area contributed by atoms with Crippen LogP contribution in [-0.4, -0.2) is 14.6 Å². The first-order chi connectivity index (χ1) is 7.53. The maximum absolute atomic E-state index is 12.7. The number of sulfonamides is 1. The average molecular weight is 353 g/mol. The maximum Gasteiger partial charge on any atom is 0.410 e. The fraction of sp³-hybridized carbons (Fsp3) is 0.250. The molecule has 0 fully saturated rings. The molecule has 17 heavy (non-hydrogen) atoms. The highest BCUT2D eigenvalue weighted by Crippen LogP contribution is 2.41. The summed E-state index contributed by atoms with van der Waals surface area (Å²) in [4.78, 5) is 0. The molecule has 9 heteroatoms. The normalized spacial score (nSPS) is 14.7. The van der Waals surface area contributed by atoms with Crippen molar-refractivity contribution in [2.24, 2.45) is 5.14 Å². The molecule has 0 aromatic heterocycles. The molecule has 1 unspecified atom stereocenters. The fourth-order valence-corrected chi connectivity index (χ4v) is 2.98. The Balaban J connectivity index is 3.49. The lowest BCUT2D eigenvalue weighted by Gasteiger charge is -2.19. The zero-order valence-corrected chi connectivity index (χ0v) is 11.2. The van der Waals surface area contributed by atoms with Gasteiger partial charge < -0.3 is 0 Å². The van der Waals surface area contributed by atoms with E-state index in [1.165, 1.54) is 12.1 Å². The Morgan fingerprint density at radius 2 is 1.88 bits per heavy atom. The van der Waals surface area contributed by atoms with E-state index in [1.807, 2.05) is 0 Å². The summed E-state index contributed by atoms with van der Waals surface area (Å²) in [5.41, 5.74) is -0.535. The number of primary sulfonamides is 1. The minimum atomic E-state index is -5.01. The Bertz CT molecular complexity index is 532. The predicted octanol–water partition coefficient (Wildman–Crippen LogP) is 2.99. The quantitative estimate of drug-likeness (QED) is 0.889. The molecule has 1 aromatic carbocycles. The monoisotopic (exact) mass is 351 g/mol. The lowest BCUT2D eigenvalue weighted by atomic mass is 10.1. The van der Waals surface area contributed by atoms with Crippen LogP contribution in [0.25, 0.3) is 0 Å². The molecular weight excluding hydrogens is 347 g/mol. The second-order valence-corrected chi connectivity index (χ2v) is 6.12. The van der Waals surface area contributed by atoms with Gasteiger partial charge in [0.15, 0.2) is 5.25 Å². The molecular formula is C8H6BrClF3NO2S. The lowest BCUT2D eigenvalue weighted by Crippen LogP contribution is -2.33. The van der Waals surface area contributed by atoms with E-state index >= 15 is 0 Å². The van der Waals surface area contributed by atoms with Crippen molar-refractivity contribution < 1.29 is 21.6 Å². The molecule has 0 bridgehead atoms. The van der Waals surface area contributed by atoms with E-state index < -0.39 is 27.0 Å². The summed E-state index contributed by atoms with van der Waals surface area (Å²) in [6.45, 7) is 0. The highest BCUT2D eigenvalue weighted by molar-refractivity contribution is 9.10. The molecule has 0 spiro atoms. The van der Waals surface area contributed by atoms with Gasteiger partial charge in [0.1, 0.15) is 0 Å². The summed E-state index contributed by atoms with van der Waals surface area (Å²) >= 11 is 8.37. The number of benzene rings is 1. The first-order valence-electron chi connectivity index (χ1n) is 4.07. The molecule has 0 aliphatic heterocycles. The third kappa shape index (κ3) is 3.57. The molecule has 0 aliphatic carbocycles. The summed E-state index contributed by atoms with van der Waals surface area (Å²) in [5, 5.41) is 1.79. The molecule has 1 atom stereocenters. The Labute approximate surface area is 109 Å². The molecule has 2 N–H and O–H groups in total. The number of hydrogen-bond donors (Lipinski definition) is 1. The van der Waals surface area contributed by atoms with E-state index in [9.17, 15) is 21.6 Å². The van der Waals surface area contributed by atoms with E-state index in [4.69, 9.17) is 11.6 Å².